The number of para-hydroxylation sites is 2. The number of ether oxygens (including phenoxy) is 1. The maximum absolute atomic E-state index is 5.56. The van der Waals surface area contributed by atoms with Crippen LogP contribution in [0.25, 0.3) is 5.69 Å². The number of nitrogens with zero attached hydrogens (tertiary/aromatic N) is 2. The average Bonchev–Trinajstić information content (AvgIpc) is 3.28. The van der Waals surface area contributed by atoms with Crippen molar-refractivity contribution in [2.75, 3.05) is 25.5 Å². The molecule has 0 radical (unpaired) electrons. The van der Waals surface area contributed by atoms with Crippen LogP contribution in [0.15, 0.2) is 30.5 Å². The van der Waals surface area contributed by atoms with Crippen LogP contribution in [0, 0.1) is 0 Å². The molecule has 1 saturated carbocycles. The van der Waals surface area contributed by atoms with Crippen molar-refractivity contribution < 1.29 is 4.74 Å². The molecule has 3 rings (SSSR count). The van der Waals surface area contributed by atoms with Crippen molar-refractivity contribution in [3.8, 4) is 11.4 Å². The van der Waals surface area contributed by atoms with Gasteiger partial charge in [0.05, 0.1) is 24.7 Å². The molecule has 1 aromatic heterocycles. The van der Waals surface area contributed by atoms with Gasteiger partial charge in [0.1, 0.15) is 11.4 Å². The summed E-state index contributed by atoms with van der Waals surface area (Å²) in [7, 11) is 1.69. The zero-order valence-electron chi connectivity index (χ0n) is 12.4. The second kappa shape index (κ2) is 6.18. The van der Waals surface area contributed by atoms with Gasteiger partial charge in [0, 0.05) is 12.5 Å². The molecule has 5 nitrogen and oxygen atoms in total. The minimum atomic E-state index is 0.595. The van der Waals surface area contributed by atoms with Crippen LogP contribution >= 0.6 is 0 Å². The maximum Gasteiger partial charge on any atom is 0.144 e. The van der Waals surface area contributed by atoms with Gasteiger partial charge in [0.25, 0.3) is 0 Å². The fraction of sp³-hybridized carbons (Fsp3) is 0.438. The molecule has 1 heterocycles. The Labute approximate surface area is 125 Å². The molecule has 0 saturated heterocycles. The average molecular weight is 286 g/mol. The van der Waals surface area contributed by atoms with E-state index in [2.05, 4.69) is 10.4 Å². The van der Waals surface area contributed by atoms with E-state index in [0.29, 0.717) is 12.5 Å². The molecule has 1 fully saturated rings. The lowest BCUT2D eigenvalue weighted by Crippen LogP contribution is -2.10. The highest BCUT2D eigenvalue weighted by Crippen LogP contribution is 2.44. The number of nitrogens with one attached hydrogen (secondary N) is 1. The summed E-state index contributed by atoms with van der Waals surface area (Å²) in [6.07, 6.45) is 5.33. The Balaban J connectivity index is 1.95. The number of nitrogens with two attached hydrogens (primary N) is 1. The molecule has 0 amide bonds. The molecule has 2 aromatic rings. The Kier molecular flexibility index (Phi) is 4.10. The minimum absolute atomic E-state index is 0.595. The SMILES string of the molecule is COc1ccccc1-n1ncc(NCCCN)c1C1CC1. The third-order valence-electron chi connectivity index (χ3n) is 3.78. The second-order valence-corrected chi connectivity index (χ2v) is 5.37. The van der Waals surface area contributed by atoms with Gasteiger partial charge in [-0.1, -0.05) is 12.1 Å². The molecule has 112 valence electrons. The van der Waals surface area contributed by atoms with Crippen LogP contribution in [-0.4, -0.2) is 30.0 Å². The summed E-state index contributed by atoms with van der Waals surface area (Å²) >= 11 is 0. The zero-order valence-corrected chi connectivity index (χ0v) is 12.4. The van der Waals surface area contributed by atoms with E-state index in [9.17, 15) is 0 Å². The highest BCUT2D eigenvalue weighted by atomic mass is 16.5. The smallest absolute Gasteiger partial charge is 0.144 e. The molecule has 0 unspecified atom stereocenters. The summed E-state index contributed by atoms with van der Waals surface area (Å²) in [6.45, 7) is 1.58. The standard InChI is InChI=1S/C16H22N4O/c1-21-15-6-3-2-5-14(15)20-16(12-7-8-12)13(11-19-20)18-10-4-9-17/h2-3,5-6,11-12,18H,4,7-10,17H2,1H3. The van der Waals surface area contributed by atoms with E-state index in [1.165, 1.54) is 18.5 Å². The van der Waals surface area contributed by atoms with Crippen LogP contribution in [0.4, 0.5) is 5.69 Å². The Morgan fingerprint density at radius 3 is 2.90 bits per heavy atom. The van der Waals surface area contributed by atoms with Gasteiger partial charge in [-0.2, -0.15) is 5.10 Å². The first-order chi connectivity index (χ1) is 10.3. The molecule has 1 aromatic carbocycles. The first-order valence-electron chi connectivity index (χ1n) is 7.50. The number of rotatable bonds is 7. The van der Waals surface area contributed by atoms with E-state index < -0.39 is 0 Å². The zero-order chi connectivity index (χ0) is 14.7. The number of hydrogen-bond acceptors (Lipinski definition) is 4. The summed E-state index contributed by atoms with van der Waals surface area (Å²) in [5, 5.41) is 8.04. The van der Waals surface area contributed by atoms with Crippen molar-refractivity contribution in [2.45, 2.75) is 25.2 Å². The Morgan fingerprint density at radius 2 is 2.19 bits per heavy atom. The third-order valence-corrected chi connectivity index (χ3v) is 3.78. The van der Waals surface area contributed by atoms with Crippen molar-refractivity contribution >= 4 is 5.69 Å². The molecular formula is C16H22N4O. The van der Waals surface area contributed by atoms with Gasteiger partial charge in [0.2, 0.25) is 0 Å². The highest BCUT2D eigenvalue weighted by Gasteiger charge is 2.31. The highest BCUT2D eigenvalue weighted by molar-refractivity contribution is 5.56. The molecule has 0 spiro atoms. The molecule has 3 N–H and O–H groups in total. The first kappa shape index (κ1) is 13.9. The molecule has 0 bridgehead atoms. The van der Waals surface area contributed by atoms with Gasteiger partial charge in [-0.3, -0.25) is 0 Å². The van der Waals surface area contributed by atoms with E-state index in [1.54, 1.807) is 7.11 Å². The summed E-state index contributed by atoms with van der Waals surface area (Å²) in [5.41, 5.74) is 8.94. The quantitative estimate of drug-likeness (QED) is 0.768. The lowest BCUT2D eigenvalue weighted by Gasteiger charge is -2.13. The van der Waals surface area contributed by atoms with Crippen LogP contribution < -0.4 is 15.8 Å². The third kappa shape index (κ3) is 2.88. The normalized spacial score (nSPS) is 14.2. The molecular weight excluding hydrogens is 264 g/mol. The lowest BCUT2D eigenvalue weighted by atomic mass is 10.2. The van der Waals surface area contributed by atoms with Crippen molar-refractivity contribution in [2.24, 2.45) is 5.73 Å². The summed E-state index contributed by atoms with van der Waals surface area (Å²) < 4.78 is 7.48. The van der Waals surface area contributed by atoms with Gasteiger partial charge in [0.15, 0.2) is 0 Å². The predicted octanol–water partition coefficient (Wildman–Crippen LogP) is 2.52. The Morgan fingerprint density at radius 1 is 1.38 bits per heavy atom. The van der Waals surface area contributed by atoms with Gasteiger partial charge in [-0.15, -0.1) is 0 Å². The van der Waals surface area contributed by atoms with Crippen molar-refractivity contribution in [1.29, 1.82) is 0 Å². The van der Waals surface area contributed by atoms with Gasteiger partial charge >= 0.3 is 0 Å². The number of aromatic nitrogens is 2. The fourth-order valence-corrected chi connectivity index (χ4v) is 2.57. The molecule has 21 heavy (non-hydrogen) atoms. The van der Waals surface area contributed by atoms with E-state index >= 15 is 0 Å². The van der Waals surface area contributed by atoms with Gasteiger partial charge in [-0.05, 0) is 37.9 Å². The predicted molar refractivity (Wildman–Crippen MR) is 84.3 cm³/mol. The summed E-state index contributed by atoms with van der Waals surface area (Å²) in [6, 6.07) is 8.00. The van der Waals surface area contributed by atoms with E-state index in [-0.39, 0.29) is 0 Å². The summed E-state index contributed by atoms with van der Waals surface area (Å²) in [4.78, 5) is 0. The van der Waals surface area contributed by atoms with Crippen molar-refractivity contribution in [1.82, 2.24) is 9.78 Å². The largest absolute Gasteiger partial charge is 0.494 e. The van der Waals surface area contributed by atoms with E-state index in [0.717, 1.165) is 30.1 Å². The second-order valence-electron chi connectivity index (χ2n) is 5.37. The van der Waals surface area contributed by atoms with Gasteiger partial charge in [-0.25, -0.2) is 4.68 Å². The van der Waals surface area contributed by atoms with Crippen LogP contribution in [-0.2, 0) is 0 Å². The monoisotopic (exact) mass is 286 g/mol. The minimum Gasteiger partial charge on any atom is -0.494 e. The number of anilines is 1. The lowest BCUT2D eigenvalue weighted by molar-refractivity contribution is 0.411. The molecule has 0 atom stereocenters. The Hall–Kier alpha value is -2.01. The van der Waals surface area contributed by atoms with Crippen LogP contribution in [0.3, 0.4) is 0 Å². The topological polar surface area (TPSA) is 65.1 Å². The molecule has 1 aliphatic carbocycles. The Bertz CT molecular complexity index is 604. The molecule has 0 aliphatic heterocycles. The van der Waals surface area contributed by atoms with Crippen LogP contribution in [0.1, 0.15) is 30.9 Å². The molecule has 5 heteroatoms. The van der Waals surface area contributed by atoms with E-state index in [4.69, 9.17) is 10.5 Å². The van der Waals surface area contributed by atoms with Gasteiger partial charge < -0.3 is 15.8 Å². The van der Waals surface area contributed by atoms with E-state index in [1.807, 2.05) is 35.1 Å². The first-order valence-corrected chi connectivity index (χ1v) is 7.50. The van der Waals surface area contributed by atoms with Crippen molar-refractivity contribution in [3.05, 3.63) is 36.2 Å². The summed E-state index contributed by atoms with van der Waals surface area (Å²) in [5.74, 6) is 1.44. The molecule has 1 aliphatic rings. The number of hydrogen-bond donors (Lipinski definition) is 2. The maximum atomic E-state index is 5.56. The number of methoxy groups -OCH3 is 1. The fourth-order valence-electron chi connectivity index (χ4n) is 2.57. The van der Waals surface area contributed by atoms with Crippen molar-refractivity contribution in [3.63, 3.8) is 0 Å². The van der Waals surface area contributed by atoms with Crippen LogP contribution in [0.2, 0.25) is 0 Å². The number of benzene rings is 1. The van der Waals surface area contributed by atoms with Crippen LogP contribution in [0.5, 0.6) is 5.75 Å².